The summed E-state index contributed by atoms with van der Waals surface area (Å²) in [4.78, 5) is 14.2. The van der Waals surface area contributed by atoms with Gasteiger partial charge in [0.2, 0.25) is 0 Å². The molecule has 78 valence electrons. The van der Waals surface area contributed by atoms with Gasteiger partial charge in [-0.05, 0) is 0 Å². The maximum absolute atomic E-state index is 12.8. The molecule has 0 aliphatic rings. The van der Waals surface area contributed by atoms with Gasteiger partial charge in [0.1, 0.15) is 0 Å². The van der Waals surface area contributed by atoms with Crippen molar-refractivity contribution < 1.29 is 14.6 Å². The second-order valence-corrected chi connectivity index (χ2v) is 2.75. The maximum atomic E-state index is 12.8. The summed E-state index contributed by atoms with van der Waals surface area (Å²) >= 11 is 0. The van der Waals surface area contributed by atoms with Gasteiger partial charge in [0, 0.05) is 6.20 Å². The van der Waals surface area contributed by atoms with E-state index in [1.165, 1.54) is 0 Å². The Morgan fingerprint density at radius 2 is 2.36 bits per heavy atom. The fraction of sp³-hybridized carbons (Fsp3) is 0.429. The Kier molecular flexibility index (Phi) is 3.15. The molecule has 1 atom stereocenters. The normalized spacial score (nSPS) is 12.8. The second-order valence-electron chi connectivity index (χ2n) is 2.75. The Bertz CT molecular complexity index is 379. The van der Waals surface area contributed by atoms with Crippen molar-refractivity contribution in [1.29, 1.82) is 0 Å². The van der Waals surface area contributed by atoms with E-state index >= 15 is 0 Å². The van der Waals surface area contributed by atoms with Gasteiger partial charge in [-0.2, -0.15) is 4.98 Å². The first kappa shape index (κ1) is 10.6. The second kappa shape index (κ2) is 4.16. The molecule has 1 aromatic heterocycles. The molecule has 1 heterocycles. The SMILES string of the molecule is Nc1nc(=O)n(C[C@H](O)CO)cc1F. The van der Waals surface area contributed by atoms with E-state index in [4.69, 9.17) is 15.9 Å². The van der Waals surface area contributed by atoms with Gasteiger partial charge in [-0.1, -0.05) is 0 Å². The molecular formula is C7H10FN3O3. The predicted octanol–water partition coefficient (Wildman–Crippen LogP) is -1.68. The molecule has 0 radical (unpaired) electrons. The van der Waals surface area contributed by atoms with Crippen LogP contribution in [0.3, 0.4) is 0 Å². The highest BCUT2D eigenvalue weighted by Gasteiger charge is 2.08. The molecule has 0 saturated carbocycles. The van der Waals surface area contributed by atoms with E-state index in [0.717, 1.165) is 10.8 Å². The summed E-state index contributed by atoms with van der Waals surface area (Å²) in [7, 11) is 0. The minimum absolute atomic E-state index is 0.223. The number of aliphatic hydroxyl groups is 2. The molecule has 1 rings (SSSR count). The molecule has 0 fully saturated rings. The number of aliphatic hydroxyl groups excluding tert-OH is 2. The van der Waals surface area contributed by atoms with E-state index in [1.807, 2.05) is 0 Å². The quantitative estimate of drug-likeness (QED) is 0.544. The van der Waals surface area contributed by atoms with E-state index in [1.54, 1.807) is 0 Å². The standard InChI is InChI=1S/C7H10FN3O3/c8-5-2-11(1-4(13)3-12)7(14)10-6(5)9/h2,4,12-13H,1,3H2,(H2,9,10,14)/t4-/m0/s1. The Balaban J connectivity index is 2.98. The number of anilines is 1. The van der Waals surface area contributed by atoms with E-state index in [9.17, 15) is 9.18 Å². The molecule has 0 unspecified atom stereocenters. The zero-order chi connectivity index (χ0) is 10.7. The van der Waals surface area contributed by atoms with Crippen LogP contribution in [0.15, 0.2) is 11.0 Å². The van der Waals surface area contributed by atoms with Gasteiger partial charge in [-0.25, -0.2) is 9.18 Å². The van der Waals surface area contributed by atoms with Crippen LogP contribution in [0.25, 0.3) is 0 Å². The van der Waals surface area contributed by atoms with Gasteiger partial charge in [0.05, 0.1) is 19.3 Å². The Labute approximate surface area is 78.4 Å². The molecule has 0 amide bonds. The first-order chi connectivity index (χ1) is 6.54. The fourth-order valence-electron chi connectivity index (χ4n) is 0.894. The number of aromatic nitrogens is 2. The third-order valence-corrected chi connectivity index (χ3v) is 1.59. The Morgan fingerprint density at radius 1 is 1.71 bits per heavy atom. The summed E-state index contributed by atoms with van der Waals surface area (Å²) in [6, 6.07) is 0. The number of halogens is 1. The van der Waals surface area contributed by atoms with Gasteiger partial charge in [0.25, 0.3) is 0 Å². The first-order valence-corrected chi connectivity index (χ1v) is 3.86. The lowest BCUT2D eigenvalue weighted by Gasteiger charge is -2.09. The molecule has 7 heteroatoms. The molecule has 0 bridgehead atoms. The van der Waals surface area contributed by atoms with E-state index in [0.29, 0.717) is 0 Å². The predicted molar refractivity (Wildman–Crippen MR) is 46.0 cm³/mol. The largest absolute Gasteiger partial charge is 0.394 e. The van der Waals surface area contributed by atoms with Gasteiger partial charge in [0.15, 0.2) is 11.6 Å². The summed E-state index contributed by atoms with van der Waals surface area (Å²) in [5.74, 6) is -1.32. The third kappa shape index (κ3) is 2.27. The topological polar surface area (TPSA) is 101 Å². The molecule has 6 nitrogen and oxygen atoms in total. The zero-order valence-corrected chi connectivity index (χ0v) is 7.22. The number of nitrogen functional groups attached to an aromatic ring is 1. The summed E-state index contributed by atoms with van der Waals surface area (Å²) < 4.78 is 13.7. The van der Waals surface area contributed by atoms with Crippen LogP contribution in [-0.4, -0.2) is 32.5 Å². The van der Waals surface area contributed by atoms with Crippen LogP contribution < -0.4 is 11.4 Å². The summed E-state index contributed by atoms with van der Waals surface area (Å²) in [6.07, 6.45) is -0.290. The van der Waals surface area contributed by atoms with Crippen LogP contribution in [0.5, 0.6) is 0 Å². The molecule has 4 N–H and O–H groups in total. The Morgan fingerprint density at radius 3 is 2.93 bits per heavy atom. The van der Waals surface area contributed by atoms with E-state index in [2.05, 4.69) is 4.98 Å². The lowest BCUT2D eigenvalue weighted by Crippen LogP contribution is -2.30. The minimum atomic E-state index is -1.13. The van der Waals surface area contributed by atoms with Crippen LogP contribution in [0.2, 0.25) is 0 Å². The van der Waals surface area contributed by atoms with Crippen molar-refractivity contribution in [2.24, 2.45) is 0 Å². The van der Waals surface area contributed by atoms with Crippen LogP contribution >= 0.6 is 0 Å². The van der Waals surface area contributed by atoms with Crippen molar-refractivity contribution in [3.63, 3.8) is 0 Å². The van der Waals surface area contributed by atoms with Crippen LogP contribution in [0.1, 0.15) is 0 Å². The number of nitrogens with two attached hydrogens (primary N) is 1. The van der Waals surface area contributed by atoms with E-state index in [-0.39, 0.29) is 6.54 Å². The van der Waals surface area contributed by atoms with Gasteiger partial charge in [-0.3, -0.25) is 4.57 Å². The number of rotatable bonds is 3. The van der Waals surface area contributed by atoms with Gasteiger partial charge in [-0.15, -0.1) is 0 Å². The molecule has 14 heavy (non-hydrogen) atoms. The van der Waals surface area contributed by atoms with Crippen molar-refractivity contribution in [2.75, 3.05) is 12.3 Å². The minimum Gasteiger partial charge on any atom is -0.394 e. The van der Waals surface area contributed by atoms with Crippen molar-refractivity contribution in [1.82, 2.24) is 9.55 Å². The van der Waals surface area contributed by atoms with Gasteiger partial charge >= 0.3 is 5.69 Å². The Hall–Kier alpha value is -1.47. The van der Waals surface area contributed by atoms with Crippen LogP contribution in [0, 0.1) is 5.82 Å². The molecule has 0 aromatic carbocycles. The van der Waals surface area contributed by atoms with Gasteiger partial charge < -0.3 is 15.9 Å². The zero-order valence-electron chi connectivity index (χ0n) is 7.22. The molecule has 0 saturated heterocycles. The molecular weight excluding hydrogens is 193 g/mol. The lowest BCUT2D eigenvalue weighted by molar-refractivity contribution is 0.0798. The summed E-state index contributed by atoms with van der Waals surface area (Å²) in [5.41, 5.74) is 4.27. The molecule has 0 aliphatic heterocycles. The molecule has 0 aliphatic carbocycles. The molecule has 1 aromatic rings. The third-order valence-electron chi connectivity index (χ3n) is 1.59. The maximum Gasteiger partial charge on any atom is 0.349 e. The van der Waals surface area contributed by atoms with Crippen molar-refractivity contribution >= 4 is 5.82 Å². The van der Waals surface area contributed by atoms with E-state index < -0.39 is 30.0 Å². The van der Waals surface area contributed by atoms with Crippen molar-refractivity contribution in [3.8, 4) is 0 Å². The van der Waals surface area contributed by atoms with Crippen molar-refractivity contribution in [2.45, 2.75) is 12.6 Å². The smallest absolute Gasteiger partial charge is 0.349 e. The number of hydrogen-bond acceptors (Lipinski definition) is 5. The highest BCUT2D eigenvalue weighted by molar-refractivity contribution is 5.26. The fourth-order valence-corrected chi connectivity index (χ4v) is 0.894. The number of hydrogen-bond donors (Lipinski definition) is 3. The first-order valence-electron chi connectivity index (χ1n) is 3.86. The average molecular weight is 203 g/mol. The van der Waals surface area contributed by atoms with Crippen LogP contribution in [-0.2, 0) is 6.54 Å². The molecule has 0 spiro atoms. The summed E-state index contributed by atoms with van der Waals surface area (Å²) in [6.45, 7) is -0.738. The number of nitrogens with zero attached hydrogens (tertiary/aromatic N) is 2. The average Bonchev–Trinajstić information content (AvgIpc) is 2.14. The lowest BCUT2D eigenvalue weighted by atomic mass is 10.4. The van der Waals surface area contributed by atoms with Crippen molar-refractivity contribution in [3.05, 3.63) is 22.5 Å². The monoisotopic (exact) mass is 203 g/mol. The summed E-state index contributed by atoms with van der Waals surface area (Å²) in [5, 5.41) is 17.5. The highest BCUT2D eigenvalue weighted by Crippen LogP contribution is 2.01. The highest BCUT2D eigenvalue weighted by atomic mass is 19.1. The van der Waals surface area contributed by atoms with Crippen LogP contribution in [0.4, 0.5) is 10.2 Å².